The van der Waals surface area contributed by atoms with Crippen molar-refractivity contribution in [3.63, 3.8) is 0 Å². The summed E-state index contributed by atoms with van der Waals surface area (Å²) in [5, 5.41) is 3.20. The van der Waals surface area contributed by atoms with Crippen LogP contribution in [0.5, 0.6) is 0 Å². The lowest BCUT2D eigenvalue weighted by Gasteiger charge is -2.24. The zero-order valence-electron chi connectivity index (χ0n) is 15.9. The van der Waals surface area contributed by atoms with Gasteiger partial charge in [0.1, 0.15) is 6.54 Å². The number of anilines is 1. The van der Waals surface area contributed by atoms with Crippen LogP contribution in [-0.2, 0) is 21.4 Å². The number of hydrogen-bond donors (Lipinski definition) is 1. The molecule has 0 unspecified atom stereocenters. The van der Waals surface area contributed by atoms with Gasteiger partial charge >= 0.3 is 0 Å². The first kappa shape index (κ1) is 20.9. The van der Waals surface area contributed by atoms with Gasteiger partial charge in [-0.05, 0) is 42.3 Å². The molecule has 0 atom stereocenters. The first-order chi connectivity index (χ1) is 13.9. The predicted molar refractivity (Wildman–Crippen MR) is 115 cm³/mol. The molecule has 0 aliphatic carbocycles. The number of hydrogen-bond acceptors (Lipinski definition) is 3. The highest BCUT2D eigenvalue weighted by Crippen LogP contribution is 2.27. The molecule has 0 aliphatic heterocycles. The molecule has 3 aromatic carbocycles. The van der Waals surface area contributed by atoms with E-state index < -0.39 is 15.9 Å². The fraction of sp³-hybridized carbons (Fsp3) is 0.136. The van der Waals surface area contributed by atoms with Crippen molar-refractivity contribution < 1.29 is 13.2 Å². The highest BCUT2D eigenvalue weighted by molar-refractivity contribution is 7.92. The number of sulfonamides is 1. The van der Waals surface area contributed by atoms with Crippen molar-refractivity contribution in [2.45, 2.75) is 18.4 Å². The van der Waals surface area contributed by atoms with E-state index in [4.69, 9.17) is 11.6 Å². The molecule has 0 fully saturated rings. The molecule has 0 bridgehead atoms. The summed E-state index contributed by atoms with van der Waals surface area (Å²) in [5.41, 5.74) is 2.08. The quantitative estimate of drug-likeness (QED) is 0.614. The zero-order valence-corrected chi connectivity index (χ0v) is 17.5. The second-order valence-electron chi connectivity index (χ2n) is 6.52. The maximum absolute atomic E-state index is 13.2. The summed E-state index contributed by atoms with van der Waals surface area (Å²) in [5.74, 6) is -0.412. The average molecular weight is 429 g/mol. The monoisotopic (exact) mass is 428 g/mol. The van der Waals surface area contributed by atoms with Gasteiger partial charge in [0.05, 0.1) is 10.6 Å². The van der Waals surface area contributed by atoms with Crippen LogP contribution in [0.2, 0.25) is 5.02 Å². The molecule has 1 amide bonds. The molecule has 0 saturated carbocycles. The van der Waals surface area contributed by atoms with Crippen LogP contribution in [0.15, 0.2) is 83.8 Å². The molecule has 0 heterocycles. The summed E-state index contributed by atoms with van der Waals surface area (Å²) < 4.78 is 27.6. The van der Waals surface area contributed by atoms with E-state index in [1.165, 1.54) is 12.1 Å². The lowest BCUT2D eigenvalue weighted by atomic mass is 10.2. The van der Waals surface area contributed by atoms with Gasteiger partial charge in [-0.1, -0.05) is 66.2 Å². The molecule has 3 aromatic rings. The third-order valence-electron chi connectivity index (χ3n) is 4.39. The number of halogens is 1. The van der Waals surface area contributed by atoms with Crippen molar-refractivity contribution >= 4 is 33.2 Å². The number of amides is 1. The molecular formula is C22H21ClN2O3S. The Morgan fingerprint density at radius 2 is 1.59 bits per heavy atom. The number of rotatable bonds is 7. The molecule has 0 radical (unpaired) electrons. The van der Waals surface area contributed by atoms with Crippen LogP contribution in [0, 0.1) is 6.92 Å². The highest BCUT2D eigenvalue weighted by Gasteiger charge is 2.27. The van der Waals surface area contributed by atoms with Crippen LogP contribution in [0.3, 0.4) is 0 Å². The molecule has 1 N–H and O–H groups in total. The molecule has 29 heavy (non-hydrogen) atoms. The Morgan fingerprint density at radius 3 is 2.21 bits per heavy atom. The van der Waals surface area contributed by atoms with Crippen molar-refractivity contribution in [1.82, 2.24) is 5.32 Å². The van der Waals surface area contributed by atoms with E-state index in [2.05, 4.69) is 5.32 Å². The fourth-order valence-electron chi connectivity index (χ4n) is 2.75. The van der Waals surface area contributed by atoms with Crippen LogP contribution >= 0.6 is 11.6 Å². The lowest BCUT2D eigenvalue weighted by Crippen LogP contribution is -2.40. The fourth-order valence-corrected chi connectivity index (χ4v) is 4.36. The largest absolute Gasteiger partial charge is 0.350 e. The van der Waals surface area contributed by atoms with Crippen LogP contribution in [0.25, 0.3) is 0 Å². The van der Waals surface area contributed by atoms with Crippen LogP contribution in [0.4, 0.5) is 5.69 Å². The summed E-state index contributed by atoms with van der Waals surface area (Å²) in [6.45, 7) is 1.78. The summed E-state index contributed by atoms with van der Waals surface area (Å²) in [4.78, 5) is 12.7. The van der Waals surface area contributed by atoms with Crippen molar-refractivity contribution in [2.24, 2.45) is 0 Å². The first-order valence-electron chi connectivity index (χ1n) is 9.02. The van der Waals surface area contributed by atoms with Gasteiger partial charge in [0.25, 0.3) is 10.0 Å². The van der Waals surface area contributed by atoms with Gasteiger partial charge in [0.2, 0.25) is 5.91 Å². The second kappa shape index (κ2) is 9.11. The normalized spacial score (nSPS) is 11.1. The number of nitrogens with zero attached hydrogens (tertiary/aromatic N) is 1. The second-order valence-corrected chi connectivity index (χ2v) is 8.79. The summed E-state index contributed by atoms with van der Waals surface area (Å²) >= 11 is 6.21. The van der Waals surface area contributed by atoms with Gasteiger partial charge in [0.15, 0.2) is 0 Å². The Balaban J connectivity index is 1.88. The Morgan fingerprint density at radius 1 is 0.966 bits per heavy atom. The van der Waals surface area contributed by atoms with Gasteiger partial charge in [-0.3, -0.25) is 9.10 Å². The van der Waals surface area contributed by atoms with E-state index in [0.717, 1.165) is 15.4 Å². The topological polar surface area (TPSA) is 66.5 Å². The van der Waals surface area contributed by atoms with Gasteiger partial charge in [-0.25, -0.2) is 8.42 Å². The Hall–Kier alpha value is -2.83. The Labute approximate surface area is 176 Å². The molecule has 7 heteroatoms. The van der Waals surface area contributed by atoms with Gasteiger partial charge in [-0.2, -0.15) is 0 Å². The SMILES string of the molecule is Cc1ccc(N(CC(=O)NCc2ccccc2)S(=O)(=O)c2ccccc2)cc1Cl. The van der Waals surface area contributed by atoms with Crippen LogP contribution < -0.4 is 9.62 Å². The highest BCUT2D eigenvalue weighted by atomic mass is 35.5. The minimum atomic E-state index is -3.95. The molecular weight excluding hydrogens is 408 g/mol. The van der Waals surface area contributed by atoms with Crippen LogP contribution in [-0.4, -0.2) is 20.9 Å². The number of carbonyl (C=O) groups is 1. The van der Waals surface area contributed by atoms with Gasteiger partial charge in [0, 0.05) is 11.6 Å². The van der Waals surface area contributed by atoms with E-state index in [0.29, 0.717) is 17.3 Å². The van der Waals surface area contributed by atoms with E-state index in [9.17, 15) is 13.2 Å². The maximum atomic E-state index is 13.2. The summed E-state index contributed by atoms with van der Waals surface area (Å²) in [6, 6.07) is 22.4. The predicted octanol–water partition coefficient (Wildman–Crippen LogP) is 4.16. The van der Waals surface area contributed by atoms with E-state index in [-0.39, 0.29) is 11.4 Å². The number of benzene rings is 3. The smallest absolute Gasteiger partial charge is 0.264 e. The third-order valence-corrected chi connectivity index (χ3v) is 6.59. The van der Waals surface area contributed by atoms with E-state index >= 15 is 0 Å². The molecule has 0 aromatic heterocycles. The maximum Gasteiger partial charge on any atom is 0.264 e. The summed E-state index contributed by atoms with van der Waals surface area (Å²) in [6.07, 6.45) is 0. The van der Waals surface area contributed by atoms with Crippen molar-refractivity contribution in [1.29, 1.82) is 0 Å². The standard InChI is InChI=1S/C22H21ClN2O3S/c1-17-12-13-19(14-21(17)23)25(29(27,28)20-10-6-3-7-11-20)16-22(26)24-15-18-8-4-2-5-9-18/h2-14H,15-16H2,1H3,(H,24,26). The van der Waals surface area contributed by atoms with E-state index in [1.807, 2.05) is 37.3 Å². The third kappa shape index (κ3) is 5.16. The minimum Gasteiger partial charge on any atom is -0.350 e. The molecule has 0 saturated heterocycles. The number of carbonyl (C=O) groups excluding carboxylic acids is 1. The van der Waals surface area contributed by atoms with Crippen molar-refractivity contribution in [3.05, 3.63) is 95.0 Å². The van der Waals surface area contributed by atoms with E-state index in [1.54, 1.807) is 36.4 Å². The molecule has 150 valence electrons. The number of aryl methyl sites for hydroxylation is 1. The molecule has 0 aliphatic rings. The minimum absolute atomic E-state index is 0.104. The first-order valence-corrected chi connectivity index (χ1v) is 10.8. The average Bonchev–Trinajstić information content (AvgIpc) is 2.74. The number of nitrogens with one attached hydrogen (secondary N) is 1. The van der Waals surface area contributed by atoms with Gasteiger partial charge < -0.3 is 5.32 Å². The van der Waals surface area contributed by atoms with Crippen molar-refractivity contribution in [2.75, 3.05) is 10.8 Å². The van der Waals surface area contributed by atoms with Crippen molar-refractivity contribution in [3.8, 4) is 0 Å². The molecule has 0 spiro atoms. The molecule has 5 nitrogen and oxygen atoms in total. The van der Waals surface area contributed by atoms with Gasteiger partial charge in [-0.15, -0.1) is 0 Å². The Bertz CT molecular complexity index is 1090. The summed E-state index contributed by atoms with van der Waals surface area (Å²) in [7, 11) is -3.95. The van der Waals surface area contributed by atoms with Crippen LogP contribution in [0.1, 0.15) is 11.1 Å². The molecule has 3 rings (SSSR count). The lowest BCUT2D eigenvalue weighted by molar-refractivity contribution is -0.119. The Kier molecular flexibility index (Phi) is 6.56. The zero-order chi connectivity index (χ0) is 20.9.